The molecule has 176 valence electrons. The maximum Gasteiger partial charge on any atom is 0.331 e. The summed E-state index contributed by atoms with van der Waals surface area (Å²) in [4.78, 5) is 37.7. The van der Waals surface area contributed by atoms with Gasteiger partial charge in [0, 0.05) is 30.4 Å². The summed E-state index contributed by atoms with van der Waals surface area (Å²) in [5, 5.41) is 4.59. The highest BCUT2D eigenvalue weighted by atomic mass is 16.5. The summed E-state index contributed by atoms with van der Waals surface area (Å²) in [5.41, 5.74) is 4.97. The Hall–Kier alpha value is -3.42. The summed E-state index contributed by atoms with van der Waals surface area (Å²) in [6.07, 6.45) is 4.11. The molecule has 2 heterocycles. The van der Waals surface area contributed by atoms with Crippen LogP contribution in [-0.4, -0.2) is 59.3 Å². The molecule has 0 unspecified atom stereocenters. The normalized spacial score (nSPS) is 14.5. The van der Waals surface area contributed by atoms with Crippen molar-refractivity contribution >= 4 is 23.9 Å². The van der Waals surface area contributed by atoms with Crippen LogP contribution in [0.3, 0.4) is 0 Å². The largest absolute Gasteiger partial charge is 0.469 e. The first-order valence-electron chi connectivity index (χ1n) is 11.1. The van der Waals surface area contributed by atoms with Gasteiger partial charge < -0.3 is 14.4 Å². The Kier molecular flexibility index (Phi) is 8.03. The number of amides is 1. The van der Waals surface area contributed by atoms with E-state index in [4.69, 9.17) is 9.47 Å². The van der Waals surface area contributed by atoms with Gasteiger partial charge in [-0.15, -0.1) is 0 Å². The zero-order valence-corrected chi connectivity index (χ0v) is 19.7. The number of aromatic nitrogens is 2. The summed E-state index contributed by atoms with van der Waals surface area (Å²) in [5.74, 6) is -1.27. The van der Waals surface area contributed by atoms with E-state index < -0.39 is 5.97 Å². The van der Waals surface area contributed by atoms with E-state index in [0.29, 0.717) is 32.5 Å². The second-order valence-corrected chi connectivity index (χ2v) is 8.35. The number of rotatable bonds is 7. The van der Waals surface area contributed by atoms with Gasteiger partial charge in [-0.2, -0.15) is 5.10 Å². The molecule has 33 heavy (non-hydrogen) atoms. The van der Waals surface area contributed by atoms with Crippen molar-refractivity contribution in [2.75, 3.05) is 26.8 Å². The summed E-state index contributed by atoms with van der Waals surface area (Å²) in [7, 11) is 1.37. The number of nitrogens with zero attached hydrogens (tertiary/aromatic N) is 3. The number of hydrogen-bond acceptors (Lipinski definition) is 6. The van der Waals surface area contributed by atoms with Gasteiger partial charge in [0.1, 0.15) is 0 Å². The first-order valence-corrected chi connectivity index (χ1v) is 11.1. The summed E-state index contributed by atoms with van der Waals surface area (Å²) < 4.78 is 11.8. The predicted octanol–water partition coefficient (Wildman–Crippen LogP) is 2.82. The molecule has 0 spiro atoms. The Morgan fingerprint density at radius 3 is 2.39 bits per heavy atom. The lowest BCUT2D eigenvalue weighted by atomic mass is 9.97. The third kappa shape index (κ3) is 6.31. The molecule has 1 aliphatic rings. The topological polar surface area (TPSA) is 90.7 Å². The molecule has 1 aliphatic heterocycles. The number of likely N-dealkylation sites (tertiary alicyclic amines) is 1. The lowest BCUT2D eigenvalue weighted by molar-refractivity contribution is -0.151. The summed E-state index contributed by atoms with van der Waals surface area (Å²) in [6.45, 7) is 7.12. The Morgan fingerprint density at radius 2 is 1.76 bits per heavy atom. The average Bonchev–Trinajstić information content (AvgIpc) is 3.09. The number of piperidine rings is 1. The molecule has 0 N–H and O–H groups in total. The monoisotopic (exact) mass is 453 g/mol. The molecule has 2 aromatic rings. The van der Waals surface area contributed by atoms with Gasteiger partial charge in [-0.05, 0) is 45.3 Å². The van der Waals surface area contributed by atoms with E-state index in [0.717, 1.165) is 22.5 Å². The van der Waals surface area contributed by atoms with Crippen molar-refractivity contribution in [2.24, 2.45) is 5.92 Å². The van der Waals surface area contributed by atoms with Crippen molar-refractivity contribution in [2.45, 2.75) is 40.2 Å². The molecule has 1 aromatic heterocycles. The van der Waals surface area contributed by atoms with Gasteiger partial charge in [-0.1, -0.05) is 29.8 Å². The molecule has 8 heteroatoms. The SMILES string of the molecule is COC(=O)C1CCN(C(=O)COC(=O)/C=C/c2c(C)nn(Cc3ccc(C)cc3)c2C)CC1. The molecule has 1 fully saturated rings. The van der Waals surface area contributed by atoms with Crippen LogP contribution in [0, 0.1) is 26.7 Å². The fourth-order valence-corrected chi connectivity index (χ4v) is 3.93. The van der Waals surface area contributed by atoms with Crippen LogP contribution in [-0.2, 0) is 30.4 Å². The molecule has 8 nitrogen and oxygen atoms in total. The standard InChI is InChI=1S/C25H31N3O5/c1-17-5-7-20(8-6-17)15-28-19(3)22(18(2)26-28)9-10-24(30)33-16-23(29)27-13-11-21(12-14-27)25(31)32-4/h5-10,21H,11-16H2,1-4H3/b10-9+. The minimum atomic E-state index is -0.585. The maximum absolute atomic E-state index is 12.3. The molecule has 0 aliphatic carbocycles. The van der Waals surface area contributed by atoms with Crippen molar-refractivity contribution in [3.05, 3.63) is 58.4 Å². The fraction of sp³-hybridized carbons (Fsp3) is 0.440. The van der Waals surface area contributed by atoms with E-state index in [-0.39, 0.29) is 24.4 Å². The van der Waals surface area contributed by atoms with Crippen LogP contribution in [0.4, 0.5) is 0 Å². The number of carbonyl (C=O) groups is 3. The third-order valence-electron chi connectivity index (χ3n) is 6.00. The minimum Gasteiger partial charge on any atom is -0.469 e. The lowest BCUT2D eigenvalue weighted by Crippen LogP contribution is -2.42. The molecule has 1 aromatic carbocycles. The van der Waals surface area contributed by atoms with E-state index in [9.17, 15) is 14.4 Å². The fourth-order valence-electron chi connectivity index (χ4n) is 3.93. The Labute approximate surface area is 194 Å². The number of aryl methyl sites for hydroxylation is 2. The van der Waals surface area contributed by atoms with Gasteiger partial charge >= 0.3 is 11.9 Å². The minimum absolute atomic E-state index is 0.178. The molecule has 1 amide bonds. The van der Waals surface area contributed by atoms with Gasteiger partial charge in [0.2, 0.25) is 0 Å². The number of carbonyl (C=O) groups excluding carboxylic acids is 3. The van der Waals surface area contributed by atoms with E-state index in [1.54, 1.807) is 11.0 Å². The van der Waals surface area contributed by atoms with Crippen LogP contribution in [0.15, 0.2) is 30.3 Å². The number of esters is 2. The summed E-state index contributed by atoms with van der Waals surface area (Å²) in [6, 6.07) is 8.29. The Balaban J connectivity index is 1.51. The highest BCUT2D eigenvalue weighted by molar-refractivity contribution is 5.89. The molecular formula is C25H31N3O5. The van der Waals surface area contributed by atoms with Crippen molar-refractivity contribution < 1.29 is 23.9 Å². The highest BCUT2D eigenvalue weighted by Gasteiger charge is 2.28. The first-order chi connectivity index (χ1) is 15.8. The van der Waals surface area contributed by atoms with E-state index in [1.165, 1.54) is 18.7 Å². The van der Waals surface area contributed by atoms with Gasteiger partial charge in [0.15, 0.2) is 6.61 Å². The second kappa shape index (κ2) is 10.9. The number of hydrogen-bond donors (Lipinski definition) is 0. The van der Waals surface area contributed by atoms with Crippen molar-refractivity contribution in [3.63, 3.8) is 0 Å². The Morgan fingerprint density at radius 1 is 1.09 bits per heavy atom. The molecular weight excluding hydrogens is 422 g/mol. The van der Waals surface area contributed by atoms with Crippen LogP contribution in [0.2, 0.25) is 0 Å². The van der Waals surface area contributed by atoms with Crippen molar-refractivity contribution in [1.29, 1.82) is 0 Å². The second-order valence-electron chi connectivity index (χ2n) is 8.35. The highest BCUT2D eigenvalue weighted by Crippen LogP contribution is 2.19. The van der Waals surface area contributed by atoms with Crippen LogP contribution in [0.25, 0.3) is 6.08 Å². The van der Waals surface area contributed by atoms with Gasteiger partial charge in [-0.25, -0.2) is 4.79 Å². The van der Waals surface area contributed by atoms with E-state index >= 15 is 0 Å². The van der Waals surface area contributed by atoms with Crippen LogP contribution in [0.5, 0.6) is 0 Å². The zero-order chi connectivity index (χ0) is 24.0. The average molecular weight is 454 g/mol. The van der Waals surface area contributed by atoms with E-state index in [2.05, 4.69) is 36.3 Å². The molecule has 3 rings (SSSR count). The lowest BCUT2D eigenvalue weighted by Gasteiger charge is -2.30. The quantitative estimate of drug-likeness (QED) is 0.473. The third-order valence-corrected chi connectivity index (χ3v) is 6.00. The number of benzene rings is 1. The van der Waals surface area contributed by atoms with Crippen LogP contribution < -0.4 is 0 Å². The van der Waals surface area contributed by atoms with Gasteiger partial charge in [0.05, 0.1) is 25.3 Å². The zero-order valence-electron chi connectivity index (χ0n) is 19.7. The molecule has 0 atom stereocenters. The first kappa shape index (κ1) is 24.2. The molecule has 0 radical (unpaired) electrons. The molecule has 0 saturated carbocycles. The smallest absolute Gasteiger partial charge is 0.331 e. The van der Waals surface area contributed by atoms with Crippen molar-refractivity contribution in [1.82, 2.24) is 14.7 Å². The van der Waals surface area contributed by atoms with Gasteiger partial charge in [0.25, 0.3) is 5.91 Å². The maximum atomic E-state index is 12.3. The van der Waals surface area contributed by atoms with Crippen LogP contribution in [0.1, 0.15) is 40.9 Å². The number of methoxy groups -OCH3 is 1. The van der Waals surface area contributed by atoms with Crippen molar-refractivity contribution in [3.8, 4) is 0 Å². The Bertz CT molecular complexity index is 1030. The van der Waals surface area contributed by atoms with Crippen LogP contribution >= 0.6 is 0 Å². The van der Waals surface area contributed by atoms with Gasteiger partial charge in [-0.3, -0.25) is 14.3 Å². The molecule has 0 bridgehead atoms. The summed E-state index contributed by atoms with van der Waals surface area (Å²) >= 11 is 0. The predicted molar refractivity (Wildman–Crippen MR) is 123 cm³/mol. The van der Waals surface area contributed by atoms with E-state index in [1.807, 2.05) is 18.5 Å². The number of ether oxygens (including phenoxy) is 2. The molecule has 1 saturated heterocycles.